The number of aryl methyl sites for hydroxylation is 1. The molecule has 2 aromatic rings. The van der Waals surface area contributed by atoms with E-state index in [1.807, 2.05) is 13.0 Å². The van der Waals surface area contributed by atoms with Crippen molar-refractivity contribution in [2.24, 2.45) is 0 Å². The van der Waals surface area contributed by atoms with Gasteiger partial charge in [-0.25, -0.2) is 4.79 Å². The fourth-order valence-electron chi connectivity index (χ4n) is 1.37. The molecular formula is C12H11NO3S. The van der Waals surface area contributed by atoms with Crippen molar-refractivity contribution in [1.82, 2.24) is 0 Å². The van der Waals surface area contributed by atoms with Crippen LogP contribution in [0.3, 0.4) is 0 Å². The normalized spacial score (nSPS) is 10.4. The Bertz CT molecular complexity index is 563. The number of hydrogen-bond donors (Lipinski definition) is 2. The maximum atomic E-state index is 10.8. The lowest BCUT2D eigenvalue weighted by Gasteiger charge is -2.05. The molecule has 1 heterocycles. The Hall–Kier alpha value is -1.88. The van der Waals surface area contributed by atoms with E-state index in [9.17, 15) is 4.79 Å². The highest BCUT2D eigenvalue weighted by molar-refractivity contribution is 7.99. The summed E-state index contributed by atoms with van der Waals surface area (Å²) >= 11 is 1.46. The second-order valence-electron chi connectivity index (χ2n) is 3.50. The molecule has 0 fully saturated rings. The van der Waals surface area contributed by atoms with Crippen LogP contribution in [0.4, 0.5) is 5.69 Å². The van der Waals surface area contributed by atoms with Crippen molar-refractivity contribution < 1.29 is 14.3 Å². The predicted octanol–water partition coefficient (Wildman–Crippen LogP) is 3.02. The van der Waals surface area contributed by atoms with Crippen molar-refractivity contribution in [3.63, 3.8) is 0 Å². The summed E-state index contributed by atoms with van der Waals surface area (Å²) in [7, 11) is 0. The second kappa shape index (κ2) is 4.55. The number of anilines is 1. The minimum atomic E-state index is -0.979. The van der Waals surface area contributed by atoms with E-state index in [0.29, 0.717) is 5.69 Å². The number of furan rings is 1. The van der Waals surface area contributed by atoms with Gasteiger partial charge in [0.2, 0.25) is 0 Å². The van der Waals surface area contributed by atoms with Crippen molar-refractivity contribution in [2.45, 2.75) is 16.7 Å². The number of rotatable bonds is 3. The summed E-state index contributed by atoms with van der Waals surface area (Å²) in [5, 5.41) is 8.82. The maximum Gasteiger partial charge on any atom is 0.335 e. The van der Waals surface area contributed by atoms with E-state index in [0.717, 1.165) is 15.6 Å². The number of nitrogen functional groups attached to an aromatic ring is 1. The Labute approximate surface area is 102 Å². The van der Waals surface area contributed by atoms with Crippen molar-refractivity contribution in [2.75, 3.05) is 5.73 Å². The van der Waals surface area contributed by atoms with Crippen molar-refractivity contribution >= 4 is 23.4 Å². The molecule has 5 heteroatoms. The molecule has 1 aromatic heterocycles. The highest BCUT2D eigenvalue weighted by atomic mass is 32.2. The Morgan fingerprint density at radius 3 is 2.65 bits per heavy atom. The van der Waals surface area contributed by atoms with Crippen LogP contribution in [0.1, 0.15) is 16.1 Å². The maximum absolute atomic E-state index is 10.8. The first kappa shape index (κ1) is 11.6. The van der Waals surface area contributed by atoms with E-state index in [2.05, 4.69) is 0 Å². The standard InChI is InChI=1S/C12H11NO3S/c1-7-10(4-5-16-7)17-11-3-2-8(12(14)15)6-9(11)13/h2-6H,13H2,1H3,(H,14,15). The zero-order valence-electron chi connectivity index (χ0n) is 9.14. The summed E-state index contributed by atoms with van der Waals surface area (Å²) in [6, 6.07) is 6.55. The largest absolute Gasteiger partial charge is 0.478 e. The molecule has 0 aliphatic heterocycles. The smallest absolute Gasteiger partial charge is 0.335 e. The number of carbonyl (C=O) groups is 1. The Morgan fingerprint density at radius 1 is 1.35 bits per heavy atom. The third-order valence-electron chi connectivity index (χ3n) is 2.29. The van der Waals surface area contributed by atoms with Gasteiger partial charge in [0, 0.05) is 10.6 Å². The van der Waals surface area contributed by atoms with Crippen LogP contribution >= 0.6 is 11.8 Å². The minimum Gasteiger partial charge on any atom is -0.478 e. The summed E-state index contributed by atoms with van der Waals surface area (Å²) in [4.78, 5) is 12.5. The van der Waals surface area contributed by atoms with Crippen LogP contribution < -0.4 is 5.73 Å². The third-order valence-corrected chi connectivity index (χ3v) is 3.52. The second-order valence-corrected chi connectivity index (χ2v) is 4.58. The monoisotopic (exact) mass is 249 g/mol. The molecule has 0 atom stereocenters. The number of aromatic carboxylic acids is 1. The molecule has 0 spiro atoms. The van der Waals surface area contributed by atoms with Gasteiger partial charge in [-0.2, -0.15) is 0 Å². The van der Waals surface area contributed by atoms with Gasteiger partial charge in [0.05, 0.1) is 16.7 Å². The number of nitrogens with two attached hydrogens (primary N) is 1. The average molecular weight is 249 g/mol. The zero-order valence-corrected chi connectivity index (χ0v) is 9.95. The zero-order chi connectivity index (χ0) is 12.4. The van der Waals surface area contributed by atoms with Gasteiger partial charge in [-0.1, -0.05) is 11.8 Å². The lowest BCUT2D eigenvalue weighted by atomic mass is 10.2. The predicted molar refractivity (Wildman–Crippen MR) is 65.4 cm³/mol. The highest BCUT2D eigenvalue weighted by Gasteiger charge is 2.09. The topological polar surface area (TPSA) is 76.5 Å². The van der Waals surface area contributed by atoms with Crippen LogP contribution in [-0.4, -0.2) is 11.1 Å². The molecule has 0 bridgehead atoms. The van der Waals surface area contributed by atoms with Gasteiger partial charge in [0.25, 0.3) is 0 Å². The van der Waals surface area contributed by atoms with E-state index >= 15 is 0 Å². The van der Waals surface area contributed by atoms with Crippen molar-refractivity contribution in [1.29, 1.82) is 0 Å². The van der Waals surface area contributed by atoms with E-state index in [-0.39, 0.29) is 5.56 Å². The molecular weight excluding hydrogens is 238 g/mol. The van der Waals surface area contributed by atoms with E-state index < -0.39 is 5.97 Å². The van der Waals surface area contributed by atoms with Gasteiger partial charge in [0.15, 0.2) is 0 Å². The molecule has 0 saturated heterocycles. The number of benzene rings is 1. The SMILES string of the molecule is Cc1occc1Sc1ccc(C(=O)O)cc1N. The summed E-state index contributed by atoms with van der Waals surface area (Å²) < 4.78 is 5.18. The van der Waals surface area contributed by atoms with Gasteiger partial charge in [-0.3, -0.25) is 0 Å². The highest BCUT2D eigenvalue weighted by Crippen LogP contribution is 2.34. The van der Waals surface area contributed by atoms with Crippen LogP contribution in [-0.2, 0) is 0 Å². The molecule has 0 aliphatic carbocycles. The van der Waals surface area contributed by atoms with Gasteiger partial charge in [-0.05, 0) is 31.2 Å². The van der Waals surface area contributed by atoms with Crippen LogP contribution in [0.25, 0.3) is 0 Å². The molecule has 3 N–H and O–H groups in total. The van der Waals surface area contributed by atoms with Crippen LogP contribution in [0, 0.1) is 6.92 Å². The fourth-order valence-corrected chi connectivity index (χ4v) is 2.24. The molecule has 0 radical (unpaired) electrons. The molecule has 1 aromatic carbocycles. The molecule has 2 rings (SSSR count). The summed E-state index contributed by atoms with van der Waals surface area (Å²) in [5.41, 5.74) is 6.46. The van der Waals surface area contributed by atoms with Gasteiger partial charge >= 0.3 is 5.97 Å². The molecule has 0 amide bonds. The van der Waals surface area contributed by atoms with Crippen molar-refractivity contribution in [3.8, 4) is 0 Å². The first-order valence-corrected chi connectivity index (χ1v) is 5.74. The minimum absolute atomic E-state index is 0.191. The summed E-state index contributed by atoms with van der Waals surface area (Å²) in [6.45, 7) is 1.87. The molecule has 88 valence electrons. The van der Waals surface area contributed by atoms with Crippen LogP contribution in [0.2, 0.25) is 0 Å². The summed E-state index contributed by atoms with van der Waals surface area (Å²) in [5.74, 6) is -0.163. The van der Waals surface area contributed by atoms with E-state index in [4.69, 9.17) is 15.3 Å². The van der Waals surface area contributed by atoms with Crippen LogP contribution in [0.5, 0.6) is 0 Å². The molecule has 4 nitrogen and oxygen atoms in total. The van der Waals surface area contributed by atoms with E-state index in [1.165, 1.54) is 23.9 Å². The molecule has 0 unspecified atom stereocenters. The average Bonchev–Trinajstić information content (AvgIpc) is 2.67. The third kappa shape index (κ3) is 2.45. The molecule has 17 heavy (non-hydrogen) atoms. The first-order chi connectivity index (χ1) is 8.08. The Kier molecular flexibility index (Phi) is 3.10. The van der Waals surface area contributed by atoms with Gasteiger partial charge < -0.3 is 15.3 Å². The first-order valence-electron chi connectivity index (χ1n) is 4.92. The molecule has 0 aliphatic rings. The quantitative estimate of drug-likeness (QED) is 0.818. The van der Waals surface area contributed by atoms with Gasteiger partial charge in [-0.15, -0.1) is 0 Å². The lowest BCUT2D eigenvalue weighted by Crippen LogP contribution is -1.98. The number of carboxylic acid groups (broad SMARTS) is 1. The molecule has 0 saturated carbocycles. The van der Waals surface area contributed by atoms with Crippen LogP contribution in [0.15, 0.2) is 44.7 Å². The van der Waals surface area contributed by atoms with E-state index in [1.54, 1.807) is 12.3 Å². The Balaban J connectivity index is 2.29. The van der Waals surface area contributed by atoms with Crippen molar-refractivity contribution in [3.05, 3.63) is 41.9 Å². The lowest BCUT2D eigenvalue weighted by molar-refractivity contribution is 0.0697. The Morgan fingerprint density at radius 2 is 2.12 bits per heavy atom. The van der Waals surface area contributed by atoms with Gasteiger partial charge in [0.1, 0.15) is 5.76 Å². The number of carboxylic acids is 1. The summed E-state index contributed by atoms with van der Waals surface area (Å²) in [6.07, 6.45) is 1.61. The fraction of sp³-hybridized carbons (Fsp3) is 0.0833. The number of hydrogen-bond acceptors (Lipinski definition) is 4.